The standard InChI is InChI=1S/C14H24O2Si/c1-6-12-14(2,3)15-16-17(4,5)13-10-8-7-9-11-13/h7-11H,6,12H2,1-5H3. The fourth-order valence-corrected chi connectivity index (χ4v) is 3.27. The third kappa shape index (κ3) is 4.62. The van der Waals surface area contributed by atoms with Crippen molar-refractivity contribution in [1.82, 2.24) is 0 Å². The maximum absolute atomic E-state index is 5.77. The SMILES string of the molecule is CCCC(C)(C)OO[Si](C)(C)c1ccccc1. The zero-order valence-corrected chi connectivity index (χ0v) is 12.6. The molecule has 3 heteroatoms. The van der Waals surface area contributed by atoms with Crippen LogP contribution in [0.3, 0.4) is 0 Å². The Morgan fingerprint density at radius 3 is 2.24 bits per heavy atom. The van der Waals surface area contributed by atoms with Gasteiger partial charge >= 0.3 is 0 Å². The van der Waals surface area contributed by atoms with Crippen LogP contribution in [-0.2, 0) is 9.46 Å². The van der Waals surface area contributed by atoms with Crippen LogP contribution < -0.4 is 5.19 Å². The maximum Gasteiger partial charge on any atom is 0.263 e. The summed E-state index contributed by atoms with van der Waals surface area (Å²) >= 11 is 0. The van der Waals surface area contributed by atoms with Crippen molar-refractivity contribution in [2.45, 2.75) is 52.3 Å². The van der Waals surface area contributed by atoms with Gasteiger partial charge in [0.2, 0.25) is 0 Å². The molecule has 0 aromatic heterocycles. The lowest BCUT2D eigenvalue weighted by Gasteiger charge is -2.29. The van der Waals surface area contributed by atoms with Gasteiger partial charge in [0.25, 0.3) is 8.32 Å². The Morgan fingerprint density at radius 2 is 1.71 bits per heavy atom. The van der Waals surface area contributed by atoms with Crippen LogP contribution in [0.4, 0.5) is 0 Å². The first kappa shape index (κ1) is 14.4. The first-order valence-corrected chi connectivity index (χ1v) is 9.20. The molecule has 0 heterocycles. The molecule has 0 amide bonds. The summed E-state index contributed by atoms with van der Waals surface area (Å²) in [6, 6.07) is 10.3. The van der Waals surface area contributed by atoms with Crippen LogP contribution in [-0.4, -0.2) is 13.9 Å². The van der Waals surface area contributed by atoms with E-state index >= 15 is 0 Å². The van der Waals surface area contributed by atoms with Crippen molar-refractivity contribution >= 4 is 13.5 Å². The lowest BCUT2D eigenvalue weighted by Crippen LogP contribution is -2.46. The summed E-state index contributed by atoms with van der Waals surface area (Å²) in [5.41, 5.74) is -0.201. The Balaban J connectivity index is 2.62. The number of hydrogen-bond donors (Lipinski definition) is 0. The van der Waals surface area contributed by atoms with E-state index in [0.29, 0.717) is 0 Å². The highest BCUT2D eigenvalue weighted by molar-refractivity contribution is 6.84. The van der Waals surface area contributed by atoms with Gasteiger partial charge in [0, 0.05) is 0 Å². The van der Waals surface area contributed by atoms with Gasteiger partial charge in [-0.2, -0.15) is 0 Å². The van der Waals surface area contributed by atoms with Crippen molar-refractivity contribution in [3.63, 3.8) is 0 Å². The van der Waals surface area contributed by atoms with Crippen LogP contribution in [0.2, 0.25) is 13.1 Å². The summed E-state index contributed by atoms with van der Waals surface area (Å²) in [6.07, 6.45) is 2.11. The van der Waals surface area contributed by atoms with Crippen molar-refractivity contribution in [3.8, 4) is 0 Å². The van der Waals surface area contributed by atoms with Crippen LogP contribution >= 0.6 is 0 Å². The number of benzene rings is 1. The van der Waals surface area contributed by atoms with Crippen molar-refractivity contribution in [2.24, 2.45) is 0 Å². The van der Waals surface area contributed by atoms with Gasteiger partial charge in [-0.1, -0.05) is 43.7 Å². The molecule has 0 N–H and O–H groups in total. The van der Waals surface area contributed by atoms with E-state index < -0.39 is 8.32 Å². The second-order valence-electron chi connectivity index (χ2n) is 5.55. The summed E-state index contributed by atoms with van der Waals surface area (Å²) in [5, 5.41) is 1.26. The van der Waals surface area contributed by atoms with Gasteiger partial charge in [0.15, 0.2) is 0 Å². The molecule has 0 aliphatic rings. The molecule has 1 aromatic rings. The lowest BCUT2D eigenvalue weighted by molar-refractivity contribution is -0.291. The zero-order valence-electron chi connectivity index (χ0n) is 11.6. The number of hydrogen-bond acceptors (Lipinski definition) is 2. The minimum absolute atomic E-state index is 0.201. The minimum Gasteiger partial charge on any atom is -0.281 e. The molecule has 17 heavy (non-hydrogen) atoms. The summed E-state index contributed by atoms with van der Waals surface area (Å²) < 4.78 is 5.77. The molecule has 0 radical (unpaired) electrons. The highest BCUT2D eigenvalue weighted by Gasteiger charge is 2.30. The van der Waals surface area contributed by atoms with E-state index in [1.165, 1.54) is 5.19 Å². The molecular weight excluding hydrogens is 228 g/mol. The molecule has 0 aliphatic carbocycles. The molecule has 0 fully saturated rings. The molecule has 0 aliphatic heterocycles. The smallest absolute Gasteiger partial charge is 0.263 e. The van der Waals surface area contributed by atoms with Gasteiger partial charge in [0.1, 0.15) is 0 Å². The molecule has 0 spiro atoms. The normalized spacial score (nSPS) is 12.8. The summed E-state index contributed by atoms with van der Waals surface area (Å²) in [6.45, 7) is 10.6. The fraction of sp³-hybridized carbons (Fsp3) is 0.571. The highest BCUT2D eigenvalue weighted by Crippen LogP contribution is 2.19. The molecule has 0 saturated carbocycles. The summed E-state index contributed by atoms with van der Waals surface area (Å²) in [7, 11) is -1.94. The third-order valence-corrected chi connectivity index (χ3v) is 5.02. The largest absolute Gasteiger partial charge is 0.281 e. The van der Waals surface area contributed by atoms with E-state index in [1.807, 2.05) is 18.2 Å². The van der Waals surface area contributed by atoms with E-state index in [0.717, 1.165) is 12.8 Å². The van der Waals surface area contributed by atoms with Crippen LogP contribution in [0.25, 0.3) is 0 Å². The van der Waals surface area contributed by atoms with Gasteiger partial charge in [-0.15, -0.1) is 0 Å². The van der Waals surface area contributed by atoms with Crippen molar-refractivity contribution in [1.29, 1.82) is 0 Å². The highest BCUT2D eigenvalue weighted by atomic mass is 28.4. The molecule has 0 unspecified atom stereocenters. The Labute approximate surface area is 106 Å². The summed E-state index contributed by atoms with van der Waals surface area (Å²) in [4.78, 5) is 5.65. The van der Waals surface area contributed by atoms with Gasteiger partial charge in [-0.05, 0) is 38.5 Å². The first-order valence-electron chi connectivity index (χ1n) is 6.30. The quantitative estimate of drug-likeness (QED) is 0.437. The van der Waals surface area contributed by atoms with Gasteiger partial charge in [-0.3, -0.25) is 4.58 Å². The number of rotatable bonds is 6. The molecule has 1 aromatic carbocycles. The van der Waals surface area contributed by atoms with E-state index in [2.05, 4.69) is 46.0 Å². The van der Waals surface area contributed by atoms with Crippen LogP contribution in [0.1, 0.15) is 33.6 Å². The van der Waals surface area contributed by atoms with E-state index in [-0.39, 0.29) is 5.60 Å². The molecule has 2 nitrogen and oxygen atoms in total. The topological polar surface area (TPSA) is 18.5 Å². The van der Waals surface area contributed by atoms with Gasteiger partial charge in [0.05, 0.1) is 5.60 Å². The zero-order chi connectivity index (χ0) is 12.9. The molecule has 0 atom stereocenters. The average Bonchev–Trinajstić information content (AvgIpc) is 2.28. The van der Waals surface area contributed by atoms with E-state index in [9.17, 15) is 0 Å². The lowest BCUT2D eigenvalue weighted by atomic mass is 10.0. The van der Waals surface area contributed by atoms with Crippen LogP contribution in [0.15, 0.2) is 30.3 Å². The van der Waals surface area contributed by atoms with Crippen LogP contribution in [0.5, 0.6) is 0 Å². The Bertz CT molecular complexity index is 333. The van der Waals surface area contributed by atoms with Crippen molar-refractivity contribution < 1.29 is 9.46 Å². The molecule has 96 valence electrons. The third-order valence-electron chi connectivity index (χ3n) is 2.80. The van der Waals surface area contributed by atoms with Crippen molar-refractivity contribution in [2.75, 3.05) is 0 Å². The monoisotopic (exact) mass is 252 g/mol. The second kappa shape index (κ2) is 5.80. The van der Waals surface area contributed by atoms with E-state index in [1.54, 1.807) is 0 Å². The fourth-order valence-electron chi connectivity index (χ4n) is 1.75. The first-order chi connectivity index (χ1) is 7.87. The second-order valence-corrected chi connectivity index (χ2v) is 9.32. The average molecular weight is 252 g/mol. The molecule has 0 saturated heterocycles. The molecular formula is C14H24O2Si. The van der Waals surface area contributed by atoms with E-state index in [4.69, 9.17) is 9.46 Å². The predicted octanol–water partition coefficient (Wildman–Crippen LogP) is 3.63. The van der Waals surface area contributed by atoms with Gasteiger partial charge in [-0.25, -0.2) is 4.89 Å². The van der Waals surface area contributed by atoms with Crippen LogP contribution in [0, 0.1) is 0 Å². The molecule has 1 rings (SSSR count). The predicted molar refractivity (Wildman–Crippen MR) is 74.7 cm³/mol. The summed E-state index contributed by atoms with van der Waals surface area (Å²) in [5.74, 6) is 0. The Kier molecular flexibility index (Phi) is 4.92. The van der Waals surface area contributed by atoms with Crippen molar-refractivity contribution in [3.05, 3.63) is 30.3 Å². The van der Waals surface area contributed by atoms with Gasteiger partial charge < -0.3 is 0 Å². The Hall–Kier alpha value is -0.643. The minimum atomic E-state index is -1.94. The molecule has 0 bridgehead atoms. The Morgan fingerprint density at radius 1 is 1.12 bits per heavy atom. The maximum atomic E-state index is 5.77.